The van der Waals surface area contributed by atoms with Crippen LogP contribution in [0.1, 0.15) is 37.5 Å². The molecule has 6 nitrogen and oxygen atoms in total. The molecule has 0 bridgehead atoms. The number of para-hydroxylation sites is 2. The lowest BCUT2D eigenvalue weighted by Crippen LogP contribution is -2.39. The fourth-order valence-corrected chi connectivity index (χ4v) is 3.61. The highest BCUT2D eigenvalue weighted by molar-refractivity contribution is 7.90. The summed E-state index contributed by atoms with van der Waals surface area (Å²) < 4.78 is 22.6. The Hall–Kier alpha value is -1.89. The molecule has 1 unspecified atom stereocenters. The lowest BCUT2D eigenvalue weighted by atomic mass is 10.0. The van der Waals surface area contributed by atoms with Crippen molar-refractivity contribution in [1.29, 1.82) is 0 Å². The van der Waals surface area contributed by atoms with E-state index in [1.807, 2.05) is 24.3 Å². The lowest BCUT2D eigenvalue weighted by molar-refractivity contribution is -0.134. The molecule has 23 heavy (non-hydrogen) atoms. The third-order valence-corrected chi connectivity index (χ3v) is 5.18. The molecule has 1 aromatic heterocycles. The second kappa shape index (κ2) is 6.31. The first kappa shape index (κ1) is 16.0. The van der Waals surface area contributed by atoms with Crippen LogP contribution in [-0.4, -0.2) is 47.7 Å². The normalized spacial score (nSPS) is 19.2. The highest BCUT2D eigenvalue weighted by Crippen LogP contribution is 2.31. The number of nitrogens with zero attached hydrogens (tertiary/aromatic N) is 2. The molecule has 2 heterocycles. The summed E-state index contributed by atoms with van der Waals surface area (Å²) in [6.45, 7) is 0.657. The molecule has 0 aliphatic carbocycles. The minimum Gasteiger partial charge on any atom is -0.340 e. The van der Waals surface area contributed by atoms with Crippen molar-refractivity contribution in [3.63, 3.8) is 0 Å². The van der Waals surface area contributed by atoms with Crippen LogP contribution in [0.3, 0.4) is 0 Å². The molecule has 7 heteroatoms. The van der Waals surface area contributed by atoms with Gasteiger partial charge in [-0.15, -0.1) is 0 Å². The summed E-state index contributed by atoms with van der Waals surface area (Å²) in [6, 6.07) is 7.69. The Morgan fingerprint density at radius 3 is 2.87 bits per heavy atom. The van der Waals surface area contributed by atoms with Gasteiger partial charge in [0.25, 0.3) is 0 Å². The van der Waals surface area contributed by atoms with Crippen molar-refractivity contribution in [2.75, 3.05) is 18.6 Å². The maximum atomic E-state index is 12.5. The van der Waals surface area contributed by atoms with Crippen LogP contribution < -0.4 is 0 Å². The van der Waals surface area contributed by atoms with E-state index in [2.05, 4.69) is 9.97 Å². The van der Waals surface area contributed by atoms with E-state index in [1.165, 1.54) is 0 Å². The van der Waals surface area contributed by atoms with Gasteiger partial charge in [-0.2, -0.15) is 0 Å². The number of carbonyl (C=O) groups excluding carboxylic acids is 1. The number of imidazole rings is 1. The lowest BCUT2D eigenvalue weighted by Gasteiger charge is -2.34. The van der Waals surface area contributed by atoms with Crippen LogP contribution in [0.15, 0.2) is 24.3 Å². The van der Waals surface area contributed by atoms with Gasteiger partial charge in [0.05, 0.1) is 22.8 Å². The van der Waals surface area contributed by atoms with Crippen molar-refractivity contribution < 1.29 is 13.2 Å². The highest BCUT2D eigenvalue weighted by atomic mass is 32.2. The Morgan fingerprint density at radius 1 is 1.35 bits per heavy atom. The summed E-state index contributed by atoms with van der Waals surface area (Å²) in [6.07, 6.45) is 4.03. The minimum atomic E-state index is -3.13. The average molecular weight is 335 g/mol. The Kier molecular flexibility index (Phi) is 4.39. The Balaban J connectivity index is 1.82. The van der Waals surface area contributed by atoms with Gasteiger partial charge in [0, 0.05) is 19.2 Å². The summed E-state index contributed by atoms with van der Waals surface area (Å²) >= 11 is 0. The number of sulfone groups is 1. The SMILES string of the molecule is CS(=O)(=O)CCC(=O)N1CCCCC1c1nc2ccccc2[nH]1. The number of rotatable bonds is 4. The van der Waals surface area contributed by atoms with Gasteiger partial charge in [0.2, 0.25) is 5.91 Å². The third-order valence-electron chi connectivity index (χ3n) is 4.23. The Labute approximate surface area is 135 Å². The molecule has 1 aliphatic rings. The zero-order valence-corrected chi connectivity index (χ0v) is 14.0. The molecule has 1 atom stereocenters. The van der Waals surface area contributed by atoms with E-state index in [1.54, 1.807) is 4.90 Å². The number of amides is 1. The van der Waals surface area contributed by atoms with Crippen LogP contribution in [0.25, 0.3) is 11.0 Å². The number of aromatic amines is 1. The fourth-order valence-electron chi connectivity index (χ4n) is 3.06. The molecule has 124 valence electrons. The van der Waals surface area contributed by atoms with Gasteiger partial charge < -0.3 is 9.88 Å². The second-order valence-electron chi connectivity index (χ2n) is 6.12. The molecule has 0 radical (unpaired) electrons. The summed E-state index contributed by atoms with van der Waals surface area (Å²) in [5, 5.41) is 0. The predicted molar refractivity (Wildman–Crippen MR) is 88.7 cm³/mol. The molecule has 1 N–H and O–H groups in total. The van der Waals surface area contributed by atoms with Crippen molar-refractivity contribution in [2.45, 2.75) is 31.7 Å². The van der Waals surface area contributed by atoms with Crippen molar-refractivity contribution >= 4 is 26.8 Å². The van der Waals surface area contributed by atoms with Gasteiger partial charge >= 0.3 is 0 Å². The van der Waals surface area contributed by atoms with Gasteiger partial charge in [-0.3, -0.25) is 4.79 Å². The van der Waals surface area contributed by atoms with Crippen molar-refractivity contribution in [2.24, 2.45) is 0 Å². The number of benzene rings is 1. The van der Waals surface area contributed by atoms with Crippen LogP contribution in [0.5, 0.6) is 0 Å². The zero-order valence-electron chi connectivity index (χ0n) is 13.2. The van der Waals surface area contributed by atoms with E-state index >= 15 is 0 Å². The Morgan fingerprint density at radius 2 is 2.13 bits per heavy atom. The first-order valence-corrected chi connectivity index (χ1v) is 9.92. The average Bonchev–Trinajstić information content (AvgIpc) is 2.96. The maximum absolute atomic E-state index is 12.5. The molecule has 0 spiro atoms. The largest absolute Gasteiger partial charge is 0.340 e. The van der Waals surface area contributed by atoms with Gasteiger partial charge in [0.15, 0.2) is 0 Å². The summed E-state index contributed by atoms with van der Waals surface area (Å²) in [7, 11) is -3.13. The van der Waals surface area contributed by atoms with Crippen LogP contribution in [0.4, 0.5) is 0 Å². The molecular formula is C16H21N3O3S. The second-order valence-corrected chi connectivity index (χ2v) is 8.38. The third kappa shape index (κ3) is 3.72. The predicted octanol–water partition coefficient (Wildman–Crippen LogP) is 2.05. The molecule has 2 aromatic rings. The number of likely N-dealkylation sites (tertiary alicyclic amines) is 1. The number of hydrogen-bond acceptors (Lipinski definition) is 4. The van der Waals surface area contributed by atoms with E-state index in [9.17, 15) is 13.2 Å². The zero-order chi connectivity index (χ0) is 16.4. The number of piperidine rings is 1. The first-order chi connectivity index (χ1) is 10.9. The van der Waals surface area contributed by atoms with Crippen LogP contribution >= 0.6 is 0 Å². The maximum Gasteiger partial charge on any atom is 0.224 e. The number of nitrogens with one attached hydrogen (secondary N) is 1. The van der Waals surface area contributed by atoms with Crippen molar-refractivity contribution in [1.82, 2.24) is 14.9 Å². The number of H-pyrrole nitrogens is 1. The van der Waals surface area contributed by atoms with E-state index in [0.29, 0.717) is 6.54 Å². The molecule has 1 amide bonds. The van der Waals surface area contributed by atoms with E-state index < -0.39 is 9.84 Å². The number of aromatic nitrogens is 2. The van der Waals surface area contributed by atoms with Crippen LogP contribution in [0.2, 0.25) is 0 Å². The van der Waals surface area contributed by atoms with Crippen LogP contribution in [0, 0.1) is 0 Å². The van der Waals surface area contributed by atoms with Gasteiger partial charge in [-0.1, -0.05) is 12.1 Å². The number of fused-ring (bicyclic) bond motifs is 1. The van der Waals surface area contributed by atoms with Gasteiger partial charge in [0.1, 0.15) is 15.7 Å². The molecule has 3 rings (SSSR count). The topological polar surface area (TPSA) is 83.1 Å². The molecule has 0 saturated carbocycles. The molecule has 1 saturated heterocycles. The molecule has 1 aliphatic heterocycles. The van der Waals surface area contributed by atoms with E-state index in [0.717, 1.165) is 42.4 Å². The first-order valence-electron chi connectivity index (χ1n) is 7.86. The fraction of sp³-hybridized carbons (Fsp3) is 0.500. The van der Waals surface area contributed by atoms with Crippen molar-refractivity contribution in [3.05, 3.63) is 30.1 Å². The smallest absolute Gasteiger partial charge is 0.224 e. The van der Waals surface area contributed by atoms with Gasteiger partial charge in [-0.25, -0.2) is 13.4 Å². The standard InChI is InChI=1S/C16H21N3O3S/c1-23(21,22)11-9-15(20)19-10-5-4-8-14(19)16-17-12-6-2-3-7-13(12)18-16/h2-3,6-7,14H,4-5,8-11H2,1H3,(H,17,18). The van der Waals surface area contributed by atoms with Crippen LogP contribution in [-0.2, 0) is 14.6 Å². The molecular weight excluding hydrogens is 314 g/mol. The summed E-state index contributed by atoms with van der Waals surface area (Å²) in [4.78, 5) is 22.2. The molecule has 1 fully saturated rings. The molecule has 1 aromatic carbocycles. The van der Waals surface area contributed by atoms with E-state index in [4.69, 9.17) is 0 Å². The summed E-state index contributed by atoms with van der Waals surface area (Å²) in [5.74, 6) is 0.578. The quantitative estimate of drug-likeness (QED) is 0.927. The minimum absolute atomic E-state index is 0.0373. The monoisotopic (exact) mass is 335 g/mol. The summed E-state index contributed by atoms with van der Waals surface area (Å²) in [5.41, 5.74) is 1.84. The van der Waals surface area contributed by atoms with Crippen molar-refractivity contribution in [3.8, 4) is 0 Å². The number of carbonyl (C=O) groups is 1. The number of hydrogen-bond donors (Lipinski definition) is 1. The highest BCUT2D eigenvalue weighted by Gasteiger charge is 2.30. The Bertz CT molecular complexity index is 780. The van der Waals surface area contributed by atoms with E-state index in [-0.39, 0.29) is 24.1 Å². The van der Waals surface area contributed by atoms with Gasteiger partial charge in [-0.05, 0) is 31.4 Å².